The highest BCUT2D eigenvalue weighted by atomic mass is 32.2. The first-order valence-corrected chi connectivity index (χ1v) is 11.6. The Bertz CT molecular complexity index is 963. The number of methoxy groups -OCH3 is 2. The van der Waals surface area contributed by atoms with Gasteiger partial charge in [-0.15, -0.1) is 0 Å². The normalized spacial score (nSPS) is 14.3. The van der Waals surface area contributed by atoms with Gasteiger partial charge in [-0.2, -0.15) is 0 Å². The fourth-order valence-electron chi connectivity index (χ4n) is 3.54. The van der Waals surface area contributed by atoms with Crippen LogP contribution in [-0.4, -0.2) is 41.2 Å². The molecule has 1 saturated carbocycles. The number of nitrogens with one attached hydrogen (secondary N) is 2. The summed E-state index contributed by atoms with van der Waals surface area (Å²) >= 11 is 0. The average Bonchev–Trinajstić information content (AvgIpc) is 3.28. The van der Waals surface area contributed by atoms with Gasteiger partial charge < -0.3 is 19.5 Å². The smallest absolute Gasteiger partial charge is 0.258 e. The first kappa shape index (κ1) is 22.9. The lowest BCUT2D eigenvalue weighted by molar-refractivity contribution is -0.123. The third-order valence-electron chi connectivity index (χ3n) is 5.17. The summed E-state index contributed by atoms with van der Waals surface area (Å²) in [5.41, 5.74) is 0.727. The zero-order chi connectivity index (χ0) is 22.3. The number of sulfonamides is 1. The van der Waals surface area contributed by atoms with Crippen molar-refractivity contribution in [3.8, 4) is 17.2 Å². The van der Waals surface area contributed by atoms with E-state index in [2.05, 4.69) is 10.0 Å². The molecule has 2 aromatic carbocycles. The highest BCUT2D eigenvalue weighted by Crippen LogP contribution is 2.28. The molecule has 1 amide bonds. The lowest BCUT2D eigenvalue weighted by Crippen LogP contribution is -2.32. The van der Waals surface area contributed by atoms with E-state index in [9.17, 15) is 13.2 Å². The van der Waals surface area contributed by atoms with Crippen LogP contribution < -0.4 is 24.2 Å². The number of benzene rings is 2. The quantitative estimate of drug-likeness (QED) is 0.579. The summed E-state index contributed by atoms with van der Waals surface area (Å²) in [5.74, 6) is 1.31. The fraction of sp³-hybridized carbons (Fsp3) is 0.409. The molecule has 2 aromatic rings. The Morgan fingerprint density at radius 1 is 1.00 bits per heavy atom. The van der Waals surface area contributed by atoms with Crippen molar-refractivity contribution in [1.29, 1.82) is 0 Å². The Hall–Kier alpha value is -2.78. The Morgan fingerprint density at radius 2 is 1.61 bits per heavy atom. The summed E-state index contributed by atoms with van der Waals surface area (Å²) in [5, 5.41) is 2.76. The molecule has 0 heterocycles. The molecule has 2 N–H and O–H groups in total. The molecule has 0 radical (unpaired) electrons. The minimum atomic E-state index is -3.55. The largest absolute Gasteiger partial charge is 0.496 e. The van der Waals surface area contributed by atoms with Crippen molar-refractivity contribution in [3.63, 3.8) is 0 Å². The number of amides is 1. The average molecular weight is 449 g/mol. The molecule has 0 saturated heterocycles. The molecular weight excluding hydrogens is 420 g/mol. The predicted molar refractivity (Wildman–Crippen MR) is 116 cm³/mol. The molecule has 0 unspecified atom stereocenters. The third-order valence-corrected chi connectivity index (χ3v) is 6.71. The van der Waals surface area contributed by atoms with Crippen molar-refractivity contribution in [2.45, 2.75) is 43.2 Å². The molecule has 168 valence electrons. The van der Waals surface area contributed by atoms with Crippen molar-refractivity contribution in [1.82, 2.24) is 10.0 Å². The molecule has 0 bridgehead atoms. The van der Waals surface area contributed by atoms with Crippen molar-refractivity contribution in [2.24, 2.45) is 0 Å². The van der Waals surface area contributed by atoms with Gasteiger partial charge in [0.1, 0.15) is 17.2 Å². The van der Waals surface area contributed by atoms with Crippen LogP contribution in [0.5, 0.6) is 17.2 Å². The second-order valence-electron chi connectivity index (χ2n) is 7.28. The van der Waals surface area contributed by atoms with Crippen LogP contribution >= 0.6 is 0 Å². The minimum Gasteiger partial charge on any atom is -0.496 e. The molecule has 1 fully saturated rings. The number of hydrogen-bond acceptors (Lipinski definition) is 6. The van der Waals surface area contributed by atoms with Crippen LogP contribution in [0.25, 0.3) is 0 Å². The molecule has 31 heavy (non-hydrogen) atoms. The fourth-order valence-corrected chi connectivity index (χ4v) is 4.84. The summed E-state index contributed by atoms with van der Waals surface area (Å²) in [6.45, 7) is 0.0171. The minimum absolute atomic E-state index is 0.00601. The maximum atomic E-state index is 12.5. The van der Waals surface area contributed by atoms with Crippen LogP contribution in [0.1, 0.15) is 31.2 Å². The van der Waals surface area contributed by atoms with E-state index >= 15 is 0 Å². The maximum absolute atomic E-state index is 12.5. The van der Waals surface area contributed by atoms with Crippen molar-refractivity contribution in [2.75, 3.05) is 20.8 Å². The second-order valence-corrected chi connectivity index (χ2v) is 8.99. The molecule has 0 spiro atoms. The molecule has 0 atom stereocenters. The number of ether oxygens (including phenoxy) is 3. The van der Waals surface area contributed by atoms with E-state index in [1.165, 1.54) is 12.1 Å². The summed E-state index contributed by atoms with van der Waals surface area (Å²) < 4.78 is 43.8. The first-order valence-electron chi connectivity index (χ1n) is 10.1. The maximum Gasteiger partial charge on any atom is 0.258 e. The molecule has 8 nitrogen and oxygen atoms in total. The van der Waals surface area contributed by atoms with Gasteiger partial charge in [0.15, 0.2) is 6.61 Å². The van der Waals surface area contributed by atoms with Crippen molar-refractivity contribution >= 4 is 15.9 Å². The van der Waals surface area contributed by atoms with Gasteiger partial charge in [0, 0.05) is 6.04 Å². The van der Waals surface area contributed by atoms with Crippen LogP contribution in [0.4, 0.5) is 0 Å². The summed E-state index contributed by atoms with van der Waals surface area (Å²) in [6, 6.07) is 11.4. The Labute approximate surface area is 182 Å². The summed E-state index contributed by atoms with van der Waals surface area (Å²) in [4.78, 5) is 12.4. The van der Waals surface area contributed by atoms with Crippen LogP contribution in [0.2, 0.25) is 0 Å². The number of carbonyl (C=O) groups is 1. The molecule has 0 aromatic heterocycles. The van der Waals surface area contributed by atoms with E-state index < -0.39 is 10.0 Å². The van der Waals surface area contributed by atoms with Crippen LogP contribution in [0.3, 0.4) is 0 Å². The molecule has 0 aliphatic heterocycles. The Morgan fingerprint density at radius 3 is 2.19 bits per heavy atom. The third kappa shape index (κ3) is 6.11. The molecule has 1 aliphatic carbocycles. The van der Waals surface area contributed by atoms with Crippen LogP contribution in [0, 0.1) is 0 Å². The van der Waals surface area contributed by atoms with Gasteiger partial charge in [-0.05, 0) is 49.2 Å². The van der Waals surface area contributed by atoms with E-state index in [0.29, 0.717) is 17.2 Å². The molecule has 3 rings (SSSR count). The van der Waals surface area contributed by atoms with Gasteiger partial charge in [0.25, 0.3) is 5.91 Å². The zero-order valence-electron chi connectivity index (χ0n) is 17.7. The van der Waals surface area contributed by atoms with Gasteiger partial charge >= 0.3 is 0 Å². The van der Waals surface area contributed by atoms with Gasteiger partial charge in [0.05, 0.1) is 31.2 Å². The predicted octanol–water partition coefficient (Wildman–Crippen LogP) is 2.62. The van der Waals surface area contributed by atoms with E-state index in [-0.39, 0.29) is 30.0 Å². The van der Waals surface area contributed by atoms with E-state index in [4.69, 9.17) is 14.2 Å². The Balaban J connectivity index is 1.52. The van der Waals surface area contributed by atoms with Crippen LogP contribution in [-0.2, 0) is 21.4 Å². The van der Waals surface area contributed by atoms with Crippen LogP contribution in [0.15, 0.2) is 47.4 Å². The molecular formula is C22H28N2O6S. The van der Waals surface area contributed by atoms with E-state index in [0.717, 1.165) is 31.2 Å². The lowest BCUT2D eigenvalue weighted by Gasteiger charge is -2.14. The van der Waals surface area contributed by atoms with Crippen molar-refractivity contribution in [3.05, 3.63) is 48.0 Å². The van der Waals surface area contributed by atoms with E-state index in [1.807, 2.05) is 0 Å². The summed E-state index contributed by atoms with van der Waals surface area (Å²) in [7, 11) is -0.449. The van der Waals surface area contributed by atoms with Gasteiger partial charge in [-0.3, -0.25) is 4.79 Å². The topological polar surface area (TPSA) is 103 Å². The standard InChI is InChI=1S/C22H28N2O6S/c1-28-20-8-5-9-21(29-2)19(20)14-23-22(25)15-30-17-10-12-18(13-11-17)31(26,27)24-16-6-3-4-7-16/h5,8-13,16,24H,3-4,6-7,14-15H2,1-2H3,(H,23,25). The van der Waals surface area contributed by atoms with Gasteiger partial charge in [0.2, 0.25) is 10.0 Å². The monoisotopic (exact) mass is 448 g/mol. The van der Waals surface area contributed by atoms with Gasteiger partial charge in [-0.1, -0.05) is 18.9 Å². The second kappa shape index (κ2) is 10.5. The zero-order valence-corrected chi connectivity index (χ0v) is 18.5. The lowest BCUT2D eigenvalue weighted by atomic mass is 10.1. The first-order chi connectivity index (χ1) is 14.9. The number of carbonyl (C=O) groups excluding carboxylic acids is 1. The highest BCUT2D eigenvalue weighted by molar-refractivity contribution is 7.89. The van der Waals surface area contributed by atoms with Crippen molar-refractivity contribution < 1.29 is 27.4 Å². The SMILES string of the molecule is COc1cccc(OC)c1CNC(=O)COc1ccc(S(=O)(=O)NC2CCCC2)cc1. The Kier molecular flexibility index (Phi) is 7.75. The number of rotatable bonds is 10. The molecule has 9 heteroatoms. The van der Waals surface area contributed by atoms with Gasteiger partial charge in [-0.25, -0.2) is 13.1 Å². The van der Waals surface area contributed by atoms with E-state index in [1.54, 1.807) is 44.6 Å². The summed E-state index contributed by atoms with van der Waals surface area (Å²) in [6.07, 6.45) is 3.84. The highest BCUT2D eigenvalue weighted by Gasteiger charge is 2.22. The molecule has 1 aliphatic rings. The number of hydrogen-bond donors (Lipinski definition) is 2.